The van der Waals surface area contributed by atoms with Crippen LogP contribution in [-0.4, -0.2) is 44.0 Å². The van der Waals surface area contributed by atoms with Crippen molar-refractivity contribution in [3.63, 3.8) is 0 Å². The molecule has 1 atom stereocenters. The van der Waals surface area contributed by atoms with E-state index < -0.39 is 57.4 Å². The molecule has 0 aliphatic carbocycles. The van der Waals surface area contributed by atoms with Gasteiger partial charge in [0, 0.05) is 18.8 Å². The van der Waals surface area contributed by atoms with Gasteiger partial charge in [-0.3, -0.25) is 19.1 Å². The molecular weight excluding hydrogens is 510 g/mol. The molecule has 0 spiro atoms. The van der Waals surface area contributed by atoms with Gasteiger partial charge in [0.15, 0.2) is 22.7 Å². The summed E-state index contributed by atoms with van der Waals surface area (Å²) in [6.45, 7) is 2.67. The number of anilines is 1. The molecule has 1 N–H and O–H groups in total. The number of nitrogens with one attached hydrogen (secondary N) is 1. The Labute approximate surface area is 206 Å². The number of rotatable bonds is 7. The van der Waals surface area contributed by atoms with Gasteiger partial charge in [-0.1, -0.05) is 11.6 Å². The van der Waals surface area contributed by atoms with Crippen LogP contribution in [0.1, 0.15) is 41.5 Å². The van der Waals surface area contributed by atoms with Crippen molar-refractivity contribution in [2.45, 2.75) is 25.9 Å². The van der Waals surface area contributed by atoms with Gasteiger partial charge in [0.1, 0.15) is 5.82 Å². The van der Waals surface area contributed by atoms with E-state index in [0.717, 1.165) is 19.2 Å². The lowest BCUT2D eigenvalue weighted by Gasteiger charge is -2.15. The molecule has 0 aliphatic rings. The summed E-state index contributed by atoms with van der Waals surface area (Å²) in [4.78, 5) is 44.4. The fourth-order valence-electron chi connectivity index (χ4n) is 3.22. The maximum atomic E-state index is 14.6. The van der Waals surface area contributed by atoms with E-state index in [-0.39, 0.29) is 29.9 Å². The van der Waals surface area contributed by atoms with E-state index in [2.05, 4.69) is 20.4 Å². The standard InChI is InChI=1S/C22H18ClF4N5O4/c1-4-36-21(35)17(10(2)33)19-28-9-16(18(23)30-19)29-20(34)12-7-11(15-5-6-32(3)31-15)13(8-14(12)24)22(25,26)27/h5-9,17H,4H2,1-3H3,(H,29,34). The Morgan fingerprint density at radius 2 is 1.94 bits per heavy atom. The first-order valence-electron chi connectivity index (χ1n) is 10.2. The Bertz CT molecular complexity index is 1340. The third kappa shape index (κ3) is 5.67. The lowest BCUT2D eigenvalue weighted by Crippen LogP contribution is -2.25. The zero-order valence-corrected chi connectivity index (χ0v) is 19.7. The molecular formula is C22H18ClF4N5O4. The quantitative estimate of drug-likeness (QED) is 0.212. The van der Waals surface area contributed by atoms with Crippen LogP contribution in [0.15, 0.2) is 30.6 Å². The molecule has 2 heterocycles. The van der Waals surface area contributed by atoms with Crippen LogP contribution in [0, 0.1) is 5.82 Å². The molecule has 3 aromatic rings. The SMILES string of the molecule is CCOC(=O)C(C(C)=O)c1ncc(NC(=O)c2cc(-c3ccn(C)n3)c(C(F)(F)F)cc2F)c(Cl)n1. The van der Waals surface area contributed by atoms with Crippen molar-refractivity contribution < 1.29 is 36.7 Å². The molecule has 0 saturated carbocycles. The summed E-state index contributed by atoms with van der Waals surface area (Å²) in [5, 5.41) is 5.72. The normalized spacial score (nSPS) is 12.2. The van der Waals surface area contributed by atoms with Crippen LogP contribution in [0.25, 0.3) is 11.3 Å². The molecule has 1 unspecified atom stereocenters. The molecule has 0 bridgehead atoms. The third-order valence-corrected chi connectivity index (χ3v) is 5.13. The topological polar surface area (TPSA) is 116 Å². The maximum absolute atomic E-state index is 14.6. The van der Waals surface area contributed by atoms with Crippen molar-refractivity contribution in [2.24, 2.45) is 7.05 Å². The summed E-state index contributed by atoms with van der Waals surface area (Å²) in [5.41, 5.74) is -2.91. The largest absolute Gasteiger partial charge is 0.465 e. The Hall–Kier alpha value is -3.87. The number of carbonyl (C=O) groups is 3. The predicted molar refractivity (Wildman–Crippen MR) is 119 cm³/mol. The second-order valence-corrected chi connectivity index (χ2v) is 7.79. The van der Waals surface area contributed by atoms with E-state index in [1.807, 2.05) is 0 Å². The summed E-state index contributed by atoms with van der Waals surface area (Å²) in [5.74, 6) is -5.85. The van der Waals surface area contributed by atoms with Crippen LogP contribution in [0.2, 0.25) is 5.15 Å². The molecule has 1 aromatic carbocycles. The fourth-order valence-corrected chi connectivity index (χ4v) is 3.40. The van der Waals surface area contributed by atoms with E-state index in [0.29, 0.717) is 0 Å². The number of ketones is 1. The number of aromatic nitrogens is 4. The molecule has 2 aromatic heterocycles. The van der Waals surface area contributed by atoms with E-state index in [1.165, 1.54) is 24.0 Å². The first-order chi connectivity index (χ1) is 16.8. The second-order valence-electron chi connectivity index (χ2n) is 7.43. The van der Waals surface area contributed by atoms with Gasteiger partial charge in [0.2, 0.25) is 0 Å². The Kier molecular flexibility index (Phi) is 7.72. The smallest absolute Gasteiger partial charge is 0.417 e. The monoisotopic (exact) mass is 527 g/mol. The lowest BCUT2D eigenvalue weighted by atomic mass is 9.99. The van der Waals surface area contributed by atoms with Crippen LogP contribution in [0.5, 0.6) is 0 Å². The fraction of sp³-hybridized carbons (Fsp3) is 0.273. The number of hydrogen-bond acceptors (Lipinski definition) is 7. The summed E-state index contributed by atoms with van der Waals surface area (Å²) >= 11 is 6.06. The number of esters is 1. The minimum atomic E-state index is -4.91. The molecule has 3 rings (SSSR count). The van der Waals surface area contributed by atoms with Crippen LogP contribution in [0.3, 0.4) is 0 Å². The van der Waals surface area contributed by atoms with E-state index >= 15 is 0 Å². The number of hydrogen-bond donors (Lipinski definition) is 1. The highest BCUT2D eigenvalue weighted by Gasteiger charge is 2.36. The summed E-state index contributed by atoms with van der Waals surface area (Å²) in [7, 11) is 1.48. The molecule has 0 radical (unpaired) electrons. The van der Waals surface area contributed by atoms with E-state index in [9.17, 15) is 31.9 Å². The van der Waals surface area contributed by atoms with Gasteiger partial charge in [-0.05, 0) is 32.0 Å². The van der Waals surface area contributed by atoms with E-state index in [4.69, 9.17) is 16.3 Å². The first kappa shape index (κ1) is 26.7. The molecule has 14 heteroatoms. The van der Waals surface area contributed by atoms with Crippen LogP contribution < -0.4 is 5.32 Å². The Morgan fingerprint density at radius 3 is 2.47 bits per heavy atom. The number of halogens is 5. The zero-order valence-electron chi connectivity index (χ0n) is 19.0. The molecule has 190 valence electrons. The molecule has 36 heavy (non-hydrogen) atoms. The Balaban J connectivity index is 1.96. The van der Waals surface area contributed by atoms with Gasteiger partial charge in [0.05, 0.1) is 35.3 Å². The van der Waals surface area contributed by atoms with Gasteiger partial charge < -0.3 is 10.1 Å². The number of aryl methyl sites for hydroxylation is 1. The van der Waals surface area contributed by atoms with Crippen molar-refractivity contribution >= 4 is 34.9 Å². The second kappa shape index (κ2) is 10.4. The summed E-state index contributed by atoms with van der Waals surface area (Å²) < 4.78 is 61.3. The van der Waals surface area contributed by atoms with Crippen molar-refractivity contribution in [3.8, 4) is 11.3 Å². The number of amides is 1. The van der Waals surface area contributed by atoms with E-state index in [1.54, 1.807) is 6.92 Å². The summed E-state index contributed by atoms with van der Waals surface area (Å²) in [6.07, 6.45) is -2.55. The van der Waals surface area contributed by atoms with Crippen molar-refractivity contribution in [3.05, 3.63) is 58.5 Å². The first-order valence-corrected chi connectivity index (χ1v) is 10.6. The molecule has 0 fully saturated rings. The average Bonchev–Trinajstić information content (AvgIpc) is 3.20. The lowest BCUT2D eigenvalue weighted by molar-refractivity contribution is -0.147. The highest BCUT2D eigenvalue weighted by Crippen LogP contribution is 2.38. The summed E-state index contributed by atoms with van der Waals surface area (Å²) in [6, 6.07) is 2.21. The maximum Gasteiger partial charge on any atom is 0.417 e. The van der Waals surface area contributed by atoms with Gasteiger partial charge >= 0.3 is 12.1 Å². The van der Waals surface area contributed by atoms with Gasteiger partial charge in [-0.2, -0.15) is 18.3 Å². The van der Waals surface area contributed by atoms with Crippen molar-refractivity contribution in [1.29, 1.82) is 0 Å². The van der Waals surface area contributed by atoms with Gasteiger partial charge in [-0.15, -0.1) is 0 Å². The molecule has 1 amide bonds. The van der Waals surface area contributed by atoms with Gasteiger partial charge in [0.25, 0.3) is 5.91 Å². The van der Waals surface area contributed by atoms with Crippen LogP contribution in [-0.2, 0) is 27.5 Å². The van der Waals surface area contributed by atoms with Crippen LogP contribution in [0.4, 0.5) is 23.2 Å². The molecule has 0 aliphatic heterocycles. The number of carbonyl (C=O) groups excluding carboxylic acids is 3. The number of benzene rings is 1. The number of alkyl halides is 3. The molecule has 9 nitrogen and oxygen atoms in total. The minimum absolute atomic E-state index is 0.00364. The van der Waals surface area contributed by atoms with Crippen LogP contribution >= 0.6 is 11.6 Å². The average molecular weight is 528 g/mol. The third-order valence-electron chi connectivity index (χ3n) is 4.84. The number of ether oxygens (including phenoxy) is 1. The molecule has 0 saturated heterocycles. The Morgan fingerprint density at radius 1 is 1.25 bits per heavy atom. The minimum Gasteiger partial charge on any atom is -0.465 e. The highest BCUT2D eigenvalue weighted by molar-refractivity contribution is 6.32. The predicted octanol–water partition coefficient (Wildman–Crippen LogP) is 4.18. The number of nitrogens with zero attached hydrogens (tertiary/aromatic N) is 4. The number of Topliss-reactive ketones (excluding diaryl/α,β-unsaturated/α-hetero) is 1. The van der Waals surface area contributed by atoms with Gasteiger partial charge in [-0.25, -0.2) is 14.4 Å². The van der Waals surface area contributed by atoms with Crippen molar-refractivity contribution in [2.75, 3.05) is 11.9 Å². The zero-order chi connectivity index (χ0) is 26.8. The highest BCUT2D eigenvalue weighted by atomic mass is 35.5. The van der Waals surface area contributed by atoms with Crippen molar-refractivity contribution in [1.82, 2.24) is 19.7 Å².